The number of nitrogens with one attached hydrogen (secondary N) is 1. The zero-order valence-electron chi connectivity index (χ0n) is 17.8. The van der Waals surface area contributed by atoms with Gasteiger partial charge in [-0.1, -0.05) is 30.3 Å². The van der Waals surface area contributed by atoms with E-state index in [4.69, 9.17) is 19.5 Å². The second-order valence-corrected chi connectivity index (χ2v) is 8.19. The second-order valence-electron chi connectivity index (χ2n) is 8.19. The van der Waals surface area contributed by atoms with Crippen LogP contribution in [0.5, 0.6) is 0 Å². The van der Waals surface area contributed by atoms with E-state index in [1.54, 1.807) is 0 Å². The van der Waals surface area contributed by atoms with Crippen molar-refractivity contribution in [2.45, 2.75) is 50.7 Å². The molecule has 33 heavy (non-hydrogen) atoms. The number of hydrogen-bond donors (Lipinski definition) is 3. The number of aliphatic hydroxyl groups excluding tert-OH is 1. The van der Waals surface area contributed by atoms with Crippen LogP contribution in [0, 0.1) is 5.41 Å². The Labute approximate surface area is 186 Å². The van der Waals surface area contributed by atoms with Gasteiger partial charge in [0.1, 0.15) is 12.6 Å². The Morgan fingerprint density at radius 1 is 1.27 bits per heavy atom. The van der Waals surface area contributed by atoms with Gasteiger partial charge in [-0.2, -0.15) is 18.2 Å². The van der Waals surface area contributed by atoms with Crippen LogP contribution in [0.2, 0.25) is 0 Å². The van der Waals surface area contributed by atoms with Crippen LogP contribution >= 0.6 is 0 Å². The number of rotatable bonds is 6. The monoisotopic (exact) mass is 484 g/mol. The number of halogens is 5. The van der Waals surface area contributed by atoms with E-state index in [1.165, 1.54) is 13.8 Å². The van der Waals surface area contributed by atoms with E-state index in [-0.39, 0.29) is 19.8 Å². The van der Waals surface area contributed by atoms with Crippen LogP contribution in [0.15, 0.2) is 30.3 Å². The Kier molecular flexibility index (Phi) is 8.38. The van der Waals surface area contributed by atoms with Gasteiger partial charge in [0.2, 0.25) is 0 Å². The molecule has 2 heterocycles. The summed E-state index contributed by atoms with van der Waals surface area (Å²) in [7, 11) is 0. The van der Waals surface area contributed by atoms with Crippen molar-refractivity contribution < 1.29 is 51.3 Å². The summed E-state index contributed by atoms with van der Waals surface area (Å²) >= 11 is 0. The van der Waals surface area contributed by atoms with E-state index in [0.29, 0.717) is 0 Å². The summed E-state index contributed by atoms with van der Waals surface area (Å²) in [5.41, 5.74) is -0.439. The number of carbonyl (C=O) groups excluding carboxylic acids is 1. The first-order chi connectivity index (χ1) is 15.2. The minimum atomic E-state index is -5.08. The molecule has 3 atom stereocenters. The van der Waals surface area contributed by atoms with E-state index in [2.05, 4.69) is 5.32 Å². The molecule has 186 valence electrons. The van der Waals surface area contributed by atoms with Crippen molar-refractivity contribution in [1.29, 1.82) is 0 Å². The summed E-state index contributed by atoms with van der Waals surface area (Å²) in [4.78, 5) is 26.6. The number of hydrogen-bond acceptors (Lipinski definition) is 7. The molecule has 1 aromatic rings. The van der Waals surface area contributed by atoms with Gasteiger partial charge < -0.3 is 20.3 Å². The maximum absolute atomic E-state index is 14.0. The lowest BCUT2D eigenvalue weighted by Gasteiger charge is -2.33. The second kappa shape index (κ2) is 10.3. The normalized spacial score (nSPS) is 23.3. The Bertz CT molecular complexity index is 821. The number of aliphatic carboxylic acids is 1. The maximum Gasteiger partial charge on any atom is 0.490 e. The van der Waals surface area contributed by atoms with E-state index in [0.717, 1.165) is 10.6 Å². The van der Waals surface area contributed by atoms with Crippen molar-refractivity contribution in [3.8, 4) is 0 Å². The lowest BCUT2D eigenvalue weighted by Crippen LogP contribution is -2.51. The lowest BCUT2D eigenvalue weighted by molar-refractivity contribution is -0.202. The molecule has 2 fully saturated rings. The Morgan fingerprint density at radius 3 is 2.39 bits per heavy atom. The standard InChI is InChI=1S/C18H24F2N2O4.C2HF3O2/c1-17(2,16(24)25-9-12-6-4-3-5-7-12)14(23)8-22-15-13(10-26-22)21-11-18(15,19)20;3-2(4,5)1(6)7/h3-7,13-15,21,23H,8-11H2,1-2H3;(H,6,7)/t13-,14+,15+;/m1./s1. The summed E-state index contributed by atoms with van der Waals surface area (Å²) in [5.74, 6) is -6.30. The highest BCUT2D eigenvalue weighted by Crippen LogP contribution is 2.36. The van der Waals surface area contributed by atoms with Crippen molar-refractivity contribution in [3.63, 3.8) is 0 Å². The van der Waals surface area contributed by atoms with Crippen molar-refractivity contribution in [2.75, 3.05) is 19.7 Å². The molecule has 3 rings (SSSR count). The number of nitrogens with zero attached hydrogens (tertiary/aromatic N) is 1. The number of esters is 1. The topological polar surface area (TPSA) is 108 Å². The lowest BCUT2D eigenvalue weighted by atomic mass is 9.86. The van der Waals surface area contributed by atoms with Crippen molar-refractivity contribution in [1.82, 2.24) is 10.4 Å². The first-order valence-electron chi connectivity index (χ1n) is 9.86. The van der Waals surface area contributed by atoms with Crippen molar-refractivity contribution in [2.24, 2.45) is 5.41 Å². The van der Waals surface area contributed by atoms with Gasteiger partial charge in [0, 0.05) is 0 Å². The highest BCUT2D eigenvalue weighted by atomic mass is 19.4. The SMILES string of the molecule is CC(C)(C(=O)OCc1ccccc1)[C@@H](O)CN1OC[C@H]2NCC(F)(F)[C@H]21.O=C(O)C(F)(F)F. The Balaban J connectivity index is 0.000000479. The molecule has 2 aliphatic rings. The highest BCUT2D eigenvalue weighted by molar-refractivity contribution is 5.76. The molecular weight excluding hydrogens is 459 g/mol. The fraction of sp³-hybridized carbons (Fsp3) is 0.600. The summed E-state index contributed by atoms with van der Waals surface area (Å²) < 4.78 is 65.0. The van der Waals surface area contributed by atoms with E-state index in [9.17, 15) is 31.9 Å². The predicted octanol–water partition coefficient (Wildman–Crippen LogP) is 1.97. The average Bonchev–Trinajstić information content (AvgIpc) is 3.27. The highest BCUT2D eigenvalue weighted by Gasteiger charge is 2.57. The van der Waals surface area contributed by atoms with Gasteiger partial charge in [-0.3, -0.25) is 9.63 Å². The number of alkyl halides is 5. The number of fused-ring (bicyclic) bond motifs is 1. The first-order valence-corrected chi connectivity index (χ1v) is 9.86. The molecule has 0 spiro atoms. The fourth-order valence-electron chi connectivity index (χ4n) is 3.21. The molecule has 3 N–H and O–H groups in total. The molecule has 8 nitrogen and oxygen atoms in total. The molecule has 1 aromatic carbocycles. The third-order valence-electron chi connectivity index (χ3n) is 5.31. The molecule has 0 aliphatic carbocycles. The molecule has 0 saturated carbocycles. The minimum Gasteiger partial charge on any atom is -0.475 e. The first kappa shape index (κ1) is 26.9. The zero-order chi connectivity index (χ0) is 25.0. The van der Waals surface area contributed by atoms with Crippen LogP contribution in [0.4, 0.5) is 22.0 Å². The summed E-state index contributed by atoms with van der Waals surface area (Å²) in [6.07, 6.45) is -6.30. The maximum atomic E-state index is 14.0. The Morgan fingerprint density at radius 2 is 1.85 bits per heavy atom. The molecular formula is C20H25F5N2O6. The molecule has 13 heteroatoms. The van der Waals surface area contributed by atoms with Crippen LogP contribution in [-0.4, -0.2) is 77.2 Å². The van der Waals surface area contributed by atoms with Gasteiger partial charge in [-0.15, -0.1) is 0 Å². The fourth-order valence-corrected chi connectivity index (χ4v) is 3.21. The van der Waals surface area contributed by atoms with Gasteiger partial charge in [-0.05, 0) is 19.4 Å². The number of carboxylic acids is 1. The van der Waals surface area contributed by atoms with Gasteiger partial charge in [0.15, 0.2) is 0 Å². The summed E-state index contributed by atoms with van der Waals surface area (Å²) in [6, 6.07) is 7.54. The number of aliphatic hydroxyl groups is 1. The number of β-amino-alcohol motifs (C(OH)–C–C–N with tert-alkyl or cyclic N) is 1. The van der Waals surface area contributed by atoms with Crippen molar-refractivity contribution >= 4 is 11.9 Å². The van der Waals surface area contributed by atoms with Crippen LogP contribution in [0.25, 0.3) is 0 Å². The molecule has 2 saturated heterocycles. The third-order valence-corrected chi connectivity index (χ3v) is 5.31. The van der Waals surface area contributed by atoms with Gasteiger partial charge in [-0.25, -0.2) is 13.6 Å². The smallest absolute Gasteiger partial charge is 0.475 e. The van der Waals surface area contributed by atoms with Gasteiger partial charge in [0.25, 0.3) is 5.92 Å². The zero-order valence-corrected chi connectivity index (χ0v) is 17.8. The largest absolute Gasteiger partial charge is 0.490 e. The number of benzene rings is 1. The molecule has 0 amide bonds. The molecule has 2 aliphatic heterocycles. The predicted molar refractivity (Wildman–Crippen MR) is 103 cm³/mol. The summed E-state index contributed by atoms with van der Waals surface area (Å²) in [6.45, 7) is 2.65. The van der Waals surface area contributed by atoms with Crippen molar-refractivity contribution in [3.05, 3.63) is 35.9 Å². The number of ether oxygens (including phenoxy) is 1. The van der Waals surface area contributed by atoms with Gasteiger partial charge in [0.05, 0.1) is 37.3 Å². The van der Waals surface area contributed by atoms with E-state index < -0.39 is 54.2 Å². The number of carbonyl (C=O) groups is 2. The molecule has 0 unspecified atom stereocenters. The van der Waals surface area contributed by atoms with Gasteiger partial charge >= 0.3 is 18.1 Å². The molecule has 0 radical (unpaired) electrons. The van der Waals surface area contributed by atoms with Crippen LogP contribution in [0.1, 0.15) is 19.4 Å². The van der Waals surface area contributed by atoms with Crippen LogP contribution < -0.4 is 5.32 Å². The van der Waals surface area contributed by atoms with E-state index in [1.807, 2.05) is 30.3 Å². The molecule has 0 bridgehead atoms. The van der Waals surface area contributed by atoms with Crippen LogP contribution in [0.3, 0.4) is 0 Å². The van der Waals surface area contributed by atoms with Crippen LogP contribution in [-0.2, 0) is 25.8 Å². The number of carboxylic acid groups (broad SMARTS) is 1. The summed E-state index contributed by atoms with van der Waals surface area (Å²) in [5, 5.41) is 21.5. The average molecular weight is 484 g/mol. The number of hydroxylamine groups is 2. The quantitative estimate of drug-likeness (QED) is 0.416. The molecule has 0 aromatic heterocycles. The third kappa shape index (κ3) is 6.82. The minimum absolute atomic E-state index is 0.0860. The van der Waals surface area contributed by atoms with E-state index >= 15 is 0 Å². The Hall–Kier alpha value is -2.35.